The number of nitrogens with zero attached hydrogens (tertiary/aromatic N) is 5. The Morgan fingerprint density at radius 2 is 1.83 bits per heavy atom. The molecule has 2 N–H and O–H groups in total. The Kier molecular flexibility index (Phi) is 6.87. The van der Waals surface area contributed by atoms with E-state index in [1.165, 1.54) is 12.1 Å². The third-order valence-electron chi connectivity index (χ3n) is 3.30. The fourth-order valence-corrected chi connectivity index (χ4v) is 2.70. The van der Waals surface area contributed by atoms with E-state index < -0.39 is 45.7 Å². The first-order valence-corrected chi connectivity index (χ1v) is 8.18. The van der Waals surface area contributed by atoms with Crippen LogP contribution in [0.4, 0.5) is 22.0 Å². The van der Waals surface area contributed by atoms with Crippen LogP contribution < -0.4 is 10.5 Å². The zero-order chi connectivity index (χ0) is 22.6. The smallest absolute Gasteiger partial charge is 0.415 e. The Hall–Kier alpha value is -3.35. The molecule has 0 saturated carbocycles. The number of ether oxygens (including phenoxy) is 1. The van der Waals surface area contributed by atoms with E-state index in [4.69, 9.17) is 39.5 Å². The minimum absolute atomic E-state index is 0.235. The van der Waals surface area contributed by atoms with Crippen LogP contribution in [0.5, 0.6) is 5.88 Å². The Morgan fingerprint density at radius 3 is 2.30 bits per heavy atom. The summed E-state index contributed by atoms with van der Waals surface area (Å²) >= 11 is 11.8. The number of nitrogens with two attached hydrogens (primary N) is 1. The van der Waals surface area contributed by atoms with Gasteiger partial charge in [0, 0.05) is 12.4 Å². The van der Waals surface area contributed by atoms with Crippen molar-refractivity contribution < 1.29 is 26.7 Å². The number of allylic oxidation sites excluding steroid dienone is 2. The molecule has 2 rings (SSSR count). The highest BCUT2D eigenvalue weighted by molar-refractivity contribution is 6.37. The van der Waals surface area contributed by atoms with Gasteiger partial charge in [0.05, 0.1) is 21.2 Å². The highest BCUT2D eigenvalue weighted by Gasteiger charge is 2.32. The summed E-state index contributed by atoms with van der Waals surface area (Å²) in [5.41, 5.74) is 2.61. The maximum Gasteiger partial charge on any atom is 0.416 e. The van der Waals surface area contributed by atoms with Crippen LogP contribution in [-0.2, 0) is 6.18 Å². The van der Waals surface area contributed by atoms with Gasteiger partial charge in [-0.25, -0.2) is 9.67 Å². The zero-order valence-electron chi connectivity index (χ0n) is 14.3. The predicted octanol–water partition coefficient (Wildman–Crippen LogP) is 4.44. The molecule has 1 aromatic heterocycles. The van der Waals surface area contributed by atoms with Crippen molar-refractivity contribution in [2.75, 3.05) is 0 Å². The molecule has 30 heavy (non-hydrogen) atoms. The Bertz CT molecular complexity index is 1090. The van der Waals surface area contributed by atoms with E-state index in [2.05, 4.69) is 14.8 Å². The second-order valence-corrected chi connectivity index (χ2v) is 6.06. The number of nitriles is 2. The lowest BCUT2D eigenvalue weighted by Crippen LogP contribution is -2.07. The molecule has 0 radical (unpaired) electrons. The third-order valence-corrected chi connectivity index (χ3v) is 3.87. The van der Waals surface area contributed by atoms with Gasteiger partial charge in [0.25, 0.3) is 0 Å². The third kappa shape index (κ3) is 5.17. The average molecular weight is 465 g/mol. The molecule has 0 spiro atoms. The Balaban J connectivity index is 2.60. The van der Waals surface area contributed by atoms with E-state index in [1.54, 1.807) is 0 Å². The van der Waals surface area contributed by atoms with E-state index in [0.717, 1.165) is 17.1 Å². The number of benzene rings is 1. The van der Waals surface area contributed by atoms with Crippen LogP contribution in [0.2, 0.25) is 10.0 Å². The molecule has 2 aromatic rings. The second-order valence-electron chi connectivity index (χ2n) is 5.24. The minimum atomic E-state index is -4.72. The van der Waals surface area contributed by atoms with Gasteiger partial charge < -0.3 is 10.5 Å². The highest BCUT2D eigenvalue weighted by atomic mass is 35.5. The van der Waals surface area contributed by atoms with E-state index >= 15 is 0 Å². The fourth-order valence-electron chi connectivity index (χ4n) is 2.04. The van der Waals surface area contributed by atoms with Crippen LogP contribution in [0.3, 0.4) is 0 Å². The normalized spacial score (nSPS) is 12.6. The van der Waals surface area contributed by atoms with Crippen LogP contribution in [-0.4, -0.2) is 22.6 Å². The van der Waals surface area contributed by atoms with Gasteiger partial charge in [-0.1, -0.05) is 23.2 Å². The second kappa shape index (κ2) is 8.98. The van der Waals surface area contributed by atoms with Crippen molar-refractivity contribution in [3.8, 4) is 23.7 Å². The van der Waals surface area contributed by atoms with Gasteiger partial charge in [-0.2, -0.15) is 32.5 Å². The summed E-state index contributed by atoms with van der Waals surface area (Å²) in [6, 6.07) is 4.17. The number of aliphatic imine (C=N–C) groups is 1. The standard InChI is InChI=1S/C16H7Cl2F5N6O/c17-9-1-8(16(21,22)23)2-10(18)13(9)29-6-7(14(28-29)30-15(19)20)5-27-12(4-25)11(26)3-24/h1-2,5-6,15H,26H2. The summed E-state index contributed by atoms with van der Waals surface area (Å²) in [7, 11) is 0. The van der Waals surface area contributed by atoms with Gasteiger partial charge in [-0.3, -0.25) is 0 Å². The fraction of sp³-hybridized carbons (Fsp3) is 0.125. The number of hydrogen-bond donors (Lipinski definition) is 1. The van der Waals surface area contributed by atoms with E-state index in [0.29, 0.717) is 12.1 Å². The van der Waals surface area contributed by atoms with Crippen LogP contribution >= 0.6 is 23.2 Å². The van der Waals surface area contributed by atoms with Crippen molar-refractivity contribution in [2.45, 2.75) is 12.8 Å². The molecular formula is C16H7Cl2F5N6O. The number of aromatic nitrogens is 2. The lowest BCUT2D eigenvalue weighted by Gasteiger charge is -2.12. The van der Waals surface area contributed by atoms with Crippen molar-refractivity contribution >= 4 is 29.4 Å². The number of hydrogen-bond acceptors (Lipinski definition) is 6. The molecule has 0 amide bonds. The number of alkyl halides is 5. The zero-order valence-corrected chi connectivity index (χ0v) is 15.8. The summed E-state index contributed by atoms with van der Waals surface area (Å²) in [6.45, 7) is -3.31. The first-order valence-electron chi connectivity index (χ1n) is 7.43. The maximum absolute atomic E-state index is 12.9. The summed E-state index contributed by atoms with van der Waals surface area (Å²) in [5.74, 6) is -0.700. The maximum atomic E-state index is 12.9. The molecule has 0 aliphatic rings. The van der Waals surface area contributed by atoms with Crippen LogP contribution in [0.25, 0.3) is 5.69 Å². The monoisotopic (exact) mass is 464 g/mol. The predicted molar refractivity (Wildman–Crippen MR) is 95.3 cm³/mol. The summed E-state index contributed by atoms with van der Waals surface area (Å²) in [4.78, 5) is 3.60. The molecule has 1 aromatic carbocycles. The molecule has 156 valence electrons. The minimum Gasteiger partial charge on any atom is -0.415 e. The molecular weight excluding hydrogens is 458 g/mol. The average Bonchev–Trinajstić information content (AvgIpc) is 3.02. The molecule has 1 heterocycles. The van der Waals surface area contributed by atoms with E-state index in [9.17, 15) is 22.0 Å². The van der Waals surface area contributed by atoms with Crippen molar-refractivity contribution in [1.29, 1.82) is 10.5 Å². The van der Waals surface area contributed by atoms with Crippen molar-refractivity contribution in [3.05, 3.63) is 50.9 Å². The summed E-state index contributed by atoms with van der Waals surface area (Å²) < 4.78 is 69.0. The van der Waals surface area contributed by atoms with Crippen molar-refractivity contribution in [1.82, 2.24) is 9.78 Å². The quantitative estimate of drug-likeness (QED) is 0.399. The number of halogens is 7. The van der Waals surface area contributed by atoms with Crippen LogP contribution in [0.15, 0.2) is 34.7 Å². The van der Waals surface area contributed by atoms with Crippen LogP contribution in [0.1, 0.15) is 11.1 Å². The molecule has 0 atom stereocenters. The van der Waals surface area contributed by atoms with Gasteiger partial charge >= 0.3 is 12.8 Å². The molecule has 0 bridgehead atoms. The van der Waals surface area contributed by atoms with Crippen LogP contribution in [0, 0.1) is 22.7 Å². The molecule has 0 fully saturated rings. The van der Waals surface area contributed by atoms with Gasteiger partial charge in [-0.15, -0.1) is 5.10 Å². The highest BCUT2D eigenvalue weighted by Crippen LogP contribution is 2.37. The van der Waals surface area contributed by atoms with Gasteiger partial charge in [0.1, 0.15) is 23.5 Å². The SMILES string of the molecule is N#CC(N)=C(C#N)N=Cc1cn(-c2c(Cl)cc(C(F)(F)F)cc2Cl)nc1OC(F)F. The Labute approximate surface area is 175 Å². The molecule has 0 aliphatic heterocycles. The van der Waals surface area contributed by atoms with Crippen molar-refractivity contribution in [3.63, 3.8) is 0 Å². The Morgan fingerprint density at radius 1 is 1.23 bits per heavy atom. The lowest BCUT2D eigenvalue weighted by molar-refractivity contribution is -0.137. The molecule has 14 heteroatoms. The van der Waals surface area contributed by atoms with Gasteiger partial charge in [0.2, 0.25) is 5.88 Å². The molecule has 0 saturated heterocycles. The van der Waals surface area contributed by atoms with Crippen molar-refractivity contribution in [2.24, 2.45) is 10.7 Å². The number of rotatable bonds is 5. The van der Waals surface area contributed by atoms with E-state index in [-0.39, 0.29) is 11.3 Å². The lowest BCUT2D eigenvalue weighted by atomic mass is 10.2. The summed E-state index contributed by atoms with van der Waals surface area (Å²) in [6.07, 6.45) is -2.87. The van der Waals surface area contributed by atoms with E-state index in [1.807, 2.05) is 0 Å². The topological polar surface area (TPSA) is 113 Å². The van der Waals surface area contributed by atoms with Gasteiger partial charge in [0.15, 0.2) is 5.70 Å². The van der Waals surface area contributed by atoms with Gasteiger partial charge in [-0.05, 0) is 12.1 Å². The molecule has 0 aliphatic carbocycles. The first kappa shape index (κ1) is 22.9. The summed E-state index contributed by atoms with van der Waals surface area (Å²) in [5, 5.41) is 20.3. The molecule has 7 nitrogen and oxygen atoms in total. The molecule has 0 unspecified atom stereocenters. The first-order chi connectivity index (χ1) is 14.0. The largest absolute Gasteiger partial charge is 0.416 e.